The highest BCUT2D eigenvalue weighted by Crippen LogP contribution is 2.43. The van der Waals surface area contributed by atoms with E-state index >= 15 is 0 Å². The predicted octanol–water partition coefficient (Wildman–Crippen LogP) is 5.96. The average molecular weight is 388 g/mol. The first-order valence-corrected chi connectivity index (χ1v) is 10.5. The van der Waals surface area contributed by atoms with E-state index < -0.39 is 0 Å². The van der Waals surface area contributed by atoms with Gasteiger partial charge < -0.3 is 15.2 Å². The van der Waals surface area contributed by atoms with Gasteiger partial charge in [-0.3, -0.25) is 0 Å². The van der Waals surface area contributed by atoms with Crippen LogP contribution in [0.25, 0.3) is 0 Å². The van der Waals surface area contributed by atoms with E-state index in [0.717, 1.165) is 53.9 Å². The molecule has 1 fully saturated rings. The van der Waals surface area contributed by atoms with Gasteiger partial charge in [-0.2, -0.15) is 0 Å². The summed E-state index contributed by atoms with van der Waals surface area (Å²) >= 11 is 0. The molecule has 0 atom stereocenters. The van der Waals surface area contributed by atoms with Crippen molar-refractivity contribution < 1.29 is 9.47 Å². The Labute approximate surface area is 173 Å². The molecule has 0 aromatic heterocycles. The highest BCUT2D eigenvalue weighted by Gasteiger charge is 2.33. The third-order valence-corrected chi connectivity index (χ3v) is 5.72. The Morgan fingerprint density at radius 2 is 1.24 bits per heavy atom. The molecule has 1 saturated carbocycles. The molecule has 2 N–H and O–H groups in total. The largest absolute Gasteiger partial charge is 0.485 e. The highest BCUT2D eigenvalue weighted by molar-refractivity contribution is 5.50. The van der Waals surface area contributed by atoms with E-state index in [0.29, 0.717) is 13.2 Å². The van der Waals surface area contributed by atoms with Crippen LogP contribution >= 0.6 is 0 Å². The van der Waals surface area contributed by atoms with Gasteiger partial charge in [-0.1, -0.05) is 92.1 Å². The number of para-hydroxylation sites is 1. The van der Waals surface area contributed by atoms with Gasteiger partial charge in [0, 0.05) is 11.1 Å². The molecule has 29 heavy (non-hydrogen) atoms. The molecule has 0 heterocycles. The molecule has 150 valence electrons. The van der Waals surface area contributed by atoms with Crippen LogP contribution in [0.4, 0.5) is 0 Å². The third-order valence-electron chi connectivity index (χ3n) is 5.72. The van der Waals surface area contributed by atoms with Crippen molar-refractivity contribution in [3.8, 4) is 11.5 Å². The smallest absolute Gasteiger partial charge is 0.166 e. The molecule has 0 saturated heterocycles. The molecule has 0 radical (unpaired) electrons. The van der Waals surface area contributed by atoms with Gasteiger partial charge in [0.05, 0.1) is 0 Å². The summed E-state index contributed by atoms with van der Waals surface area (Å²) in [6.07, 6.45) is 5.53. The molecule has 0 unspecified atom stereocenters. The fourth-order valence-electron chi connectivity index (χ4n) is 4.09. The van der Waals surface area contributed by atoms with Crippen molar-refractivity contribution in [1.29, 1.82) is 0 Å². The molecule has 1 aliphatic rings. The fraction of sp³-hybridized carbons (Fsp3) is 0.308. The lowest BCUT2D eigenvalue weighted by molar-refractivity contribution is 0.237. The Morgan fingerprint density at radius 1 is 0.655 bits per heavy atom. The molecular formula is C26H29NO2. The molecule has 3 nitrogen and oxygen atoms in total. The molecular weight excluding hydrogens is 358 g/mol. The zero-order valence-electron chi connectivity index (χ0n) is 16.8. The summed E-state index contributed by atoms with van der Waals surface area (Å²) in [6, 6.07) is 26.6. The normalized spacial score (nSPS) is 15.6. The summed E-state index contributed by atoms with van der Waals surface area (Å²) < 4.78 is 12.6. The number of ether oxygens (including phenoxy) is 2. The van der Waals surface area contributed by atoms with Crippen LogP contribution in [-0.4, -0.2) is 0 Å². The van der Waals surface area contributed by atoms with Crippen LogP contribution in [0.2, 0.25) is 0 Å². The Hall–Kier alpha value is -2.78. The standard InChI is InChI=1S/C26H29NO2/c27-26(17-8-3-9-18-26)23-15-10-16-24(28-19-21-11-4-1-5-12-21)25(23)29-20-22-13-6-2-7-14-22/h1-2,4-7,10-16H,3,8-9,17-20,27H2. The minimum Gasteiger partial charge on any atom is -0.485 e. The van der Waals surface area contributed by atoms with E-state index in [9.17, 15) is 0 Å². The molecule has 0 bridgehead atoms. The number of benzene rings is 3. The van der Waals surface area contributed by atoms with Crippen LogP contribution < -0.4 is 15.2 Å². The van der Waals surface area contributed by atoms with Gasteiger partial charge in [-0.15, -0.1) is 0 Å². The van der Waals surface area contributed by atoms with E-state index in [-0.39, 0.29) is 5.54 Å². The van der Waals surface area contributed by atoms with Gasteiger partial charge >= 0.3 is 0 Å². The van der Waals surface area contributed by atoms with Crippen molar-refractivity contribution in [2.45, 2.75) is 50.9 Å². The van der Waals surface area contributed by atoms with E-state index in [4.69, 9.17) is 15.2 Å². The first-order valence-electron chi connectivity index (χ1n) is 10.5. The van der Waals surface area contributed by atoms with Gasteiger partial charge in [-0.25, -0.2) is 0 Å². The third kappa shape index (κ3) is 4.80. The molecule has 3 aromatic carbocycles. The summed E-state index contributed by atoms with van der Waals surface area (Å²) in [5.74, 6) is 1.55. The SMILES string of the molecule is NC1(c2cccc(OCc3ccccc3)c2OCc2ccccc2)CCCCC1. The maximum atomic E-state index is 6.89. The maximum absolute atomic E-state index is 6.89. The monoisotopic (exact) mass is 387 g/mol. The highest BCUT2D eigenvalue weighted by atomic mass is 16.5. The molecule has 3 heteroatoms. The summed E-state index contributed by atoms with van der Waals surface area (Å²) in [4.78, 5) is 0. The number of nitrogens with two attached hydrogens (primary N) is 1. The Balaban J connectivity index is 1.62. The van der Waals surface area contributed by atoms with Gasteiger partial charge in [0.2, 0.25) is 0 Å². The van der Waals surface area contributed by atoms with Gasteiger partial charge in [0.15, 0.2) is 11.5 Å². The minimum atomic E-state index is -0.351. The lowest BCUT2D eigenvalue weighted by Gasteiger charge is -2.35. The van der Waals surface area contributed by atoms with Crippen molar-refractivity contribution in [1.82, 2.24) is 0 Å². The van der Waals surface area contributed by atoms with Crippen LogP contribution in [0.15, 0.2) is 78.9 Å². The van der Waals surface area contributed by atoms with Crippen molar-refractivity contribution in [3.05, 3.63) is 95.6 Å². The average Bonchev–Trinajstić information content (AvgIpc) is 2.78. The number of rotatable bonds is 7. The van der Waals surface area contributed by atoms with Gasteiger partial charge in [-0.05, 0) is 30.0 Å². The Morgan fingerprint density at radius 3 is 1.86 bits per heavy atom. The maximum Gasteiger partial charge on any atom is 0.166 e. The van der Waals surface area contributed by atoms with Crippen LogP contribution in [0.1, 0.15) is 48.8 Å². The van der Waals surface area contributed by atoms with Crippen LogP contribution in [0, 0.1) is 0 Å². The van der Waals surface area contributed by atoms with E-state index in [1.165, 1.54) is 6.42 Å². The Bertz CT molecular complexity index is 903. The lowest BCUT2D eigenvalue weighted by Crippen LogP contribution is -2.39. The molecule has 0 amide bonds. The predicted molar refractivity (Wildman–Crippen MR) is 117 cm³/mol. The van der Waals surface area contributed by atoms with Crippen LogP contribution in [0.5, 0.6) is 11.5 Å². The zero-order valence-corrected chi connectivity index (χ0v) is 16.8. The summed E-state index contributed by atoms with van der Waals surface area (Å²) in [5.41, 5.74) is 9.87. The topological polar surface area (TPSA) is 44.5 Å². The number of hydrogen-bond donors (Lipinski definition) is 1. The van der Waals surface area contributed by atoms with E-state index in [1.54, 1.807) is 0 Å². The van der Waals surface area contributed by atoms with Crippen molar-refractivity contribution >= 4 is 0 Å². The fourth-order valence-corrected chi connectivity index (χ4v) is 4.09. The molecule has 1 aliphatic carbocycles. The summed E-state index contributed by atoms with van der Waals surface area (Å²) in [7, 11) is 0. The van der Waals surface area contributed by atoms with Crippen molar-refractivity contribution in [2.75, 3.05) is 0 Å². The first kappa shape index (κ1) is 19.5. The quantitative estimate of drug-likeness (QED) is 0.544. The molecule has 0 spiro atoms. The first-order chi connectivity index (χ1) is 14.2. The second-order valence-corrected chi connectivity index (χ2v) is 7.90. The molecule has 4 rings (SSSR count). The summed E-state index contributed by atoms with van der Waals surface area (Å²) in [6.45, 7) is 0.999. The second-order valence-electron chi connectivity index (χ2n) is 7.90. The van der Waals surface area contributed by atoms with E-state index in [2.05, 4.69) is 30.3 Å². The second kappa shape index (κ2) is 9.15. The summed E-state index contributed by atoms with van der Waals surface area (Å²) in [5, 5.41) is 0. The van der Waals surface area contributed by atoms with Crippen molar-refractivity contribution in [3.63, 3.8) is 0 Å². The lowest BCUT2D eigenvalue weighted by atomic mass is 9.77. The van der Waals surface area contributed by atoms with Crippen molar-refractivity contribution in [2.24, 2.45) is 5.73 Å². The number of hydrogen-bond acceptors (Lipinski definition) is 3. The van der Waals surface area contributed by atoms with Crippen LogP contribution in [0.3, 0.4) is 0 Å². The minimum absolute atomic E-state index is 0.351. The molecule has 0 aliphatic heterocycles. The molecule has 3 aromatic rings. The van der Waals surface area contributed by atoms with Crippen LogP contribution in [-0.2, 0) is 18.8 Å². The zero-order chi connectivity index (χ0) is 19.9. The van der Waals surface area contributed by atoms with Gasteiger partial charge in [0.1, 0.15) is 13.2 Å². The Kier molecular flexibility index (Phi) is 6.16. The van der Waals surface area contributed by atoms with Gasteiger partial charge in [0.25, 0.3) is 0 Å². The van der Waals surface area contributed by atoms with E-state index in [1.807, 2.05) is 48.5 Å².